The SMILES string of the molecule is CNc1nc(N)nc(C2=CCCCC2)c1-c1cc2c(c(OCCCN3CCCC3)c1)OCC2. The number of nitrogens with one attached hydrogen (secondary N) is 1. The maximum atomic E-state index is 6.30. The molecular formula is C26H35N5O2. The van der Waals surface area contributed by atoms with Crippen molar-refractivity contribution in [3.05, 3.63) is 29.5 Å². The van der Waals surface area contributed by atoms with Gasteiger partial charge in [-0.2, -0.15) is 4.98 Å². The number of rotatable bonds is 8. The Balaban J connectivity index is 1.47. The van der Waals surface area contributed by atoms with Crippen molar-refractivity contribution in [2.45, 2.75) is 51.4 Å². The summed E-state index contributed by atoms with van der Waals surface area (Å²) in [6.45, 7) is 4.91. The van der Waals surface area contributed by atoms with E-state index in [0.29, 0.717) is 19.2 Å². The van der Waals surface area contributed by atoms with E-state index in [2.05, 4.69) is 33.4 Å². The molecule has 0 radical (unpaired) electrons. The molecule has 0 saturated carbocycles. The van der Waals surface area contributed by atoms with Gasteiger partial charge in [0.15, 0.2) is 11.5 Å². The Hall–Kier alpha value is -2.80. The Morgan fingerprint density at radius 2 is 2.00 bits per heavy atom. The van der Waals surface area contributed by atoms with Crippen LogP contribution in [-0.2, 0) is 6.42 Å². The molecule has 1 saturated heterocycles. The van der Waals surface area contributed by atoms with Crippen LogP contribution in [0.4, 0.5) is 11.8 Å². The zero-order chi connectivity index (χ0) is 22.6. The number of hydrogen-bond acceptors (Lipinski definition) is 7. The smallest absolute Gasteiger partial charge is 0.222 e. The van der Waals surface area contributed by atoms with Gasteiger partial charge in [-0.25, -0.2) is 4.98 Å². The molecular weight excluding hydrogens is 414 g/mol. The van der Waals surface area contributed by atoms with Gasteiger partial charge in [0.1, 0.15) is 5.82 Å². The third kappa shape index (κ3) is 4.78. The van der Waals surface area contributed by atoms with Crippen LogP contribution >= 0.6 is 0 Å². The fraction of sp³-hybridized carbons (Fsp3) is 0.538. The van der Waals surface area contributed by atoms with Gasteiger partial charge in [-0.05, 0) is 81.3 Å². The van der Waals surface area contributed by atoms with Crippen molar-refractivity contribution in [2.24, 2.45) is 0 Å². The van der Waals surface area contributed by atoms with E-state index in [1.54, 1.807) is 0 Å². The van der Waals surface area contributed by atoms with E-state index >= 15 is 0 Å². The monoisotopic (exact) mass is 449 g/mol. The predicted molar refractivity (Wildman–Crippen MR) is 133 cm³/mol. The first-order chi connectivity index (χ1) is 16.2. The van der Waals surface area contributed by atoms with Crippen LogP contribution in [0.1, 0.15) is 56.2 Å². The molecule has 0 spiro atoms. The first-order valence-electron chi connectivity index (χ1n) is 12.4. The fourth-order valence-corrected chi connectivity index (χ4v) is 5.22. The van der Waals surface area contributed by atoms with Crippen LogP contribution in [0.2, 0.25) is 0 Å². The van der Waals surface area contributed by atoms with Crippen molar-refractivity contribution in [3.8, 4) is 22.6 Å². The Bertz CT molecular complexity index is 1030. The number of benzene rings is 1. The molecule has 0 unspecified atom stereocenters. The lowest BCUT2D eigenvalue weighted by atomic mass is 9.91. The molecule has 7 heteroatoms. The third-order valence-corrected chi connectivity index (χ3v) is 6.87. The van der Waals surface area contributed by atoms with Gasteiger partial charge < -0.3 is 25.4 Å². The number of ether oxygens (including phenoxy) is 2. The lowest BCUT2D eigenvalue weighted by Crippen LogP contribution is -2.21. The second-order valence-corrected chi connectivity index (χ2v) is 9.19. The molecule has 1 aromatic heterocycles. The average Bonchev–Trinajstić information content (AvgIpc) is 3.53. The summed E-state index contributed by atoms with van der Waals surface area (Å²) >= 11 is 0. The van der Waals surface area contributed by atoms with Crippen LogP contribution in [0.5, 0.6) is 11.5 Å². The number of likely N-dealkylation sites (tertiary alicyclic amines) is 1. The average molecular weight is 450 g/mol. The summed E-state index contributed by atoms with van der Waals surface area (Å²) in [6.07, 6.45) is 11.3. The Morgan fingerprint density at radius 1 is 1.12 bits per heavy atom. The van der Waals surface area contributed by atoms with Crippen LogP contribution in [0.15, 0.2) is 18.2 Å². The number of anilines is 2. The van der Waals surface area contributed by atoms with Crippen molar-refractivity contribution in [1.82, 2.24) is 14.9 Å². The molecule has 0 amide bonds. The van der Waals surface area contributed by atoms with Crippen molar-refractivity contribution in [3.63, 3.8) is 0 Å². The van der Waals surface area contributed by atoms with Crippen molar-refractivity contribution in [2.75, 3.05) is 50.9 Å². The molecule has 1 aromatic carbocycles. The molecule has 3 heterocycles. The van der Waals surface area contributed by atoms with Gasteiger partial charge in [-0.1, -0.05) is 6.08 Å². The minimum absolute atomic E-state index is 0.299. The molecule has 3 N–H and O–H groups in total. The lowest BCUT2D eigenvalue weighted by molar-refractivity contribution is 0.251. The molecule has 176 valence electrons. The van der Waals surface area contributed by atoms with Gasteiger partial charge in [0.05, 0.1) is 24.5 Å². The fourth-order valence-electron chi connectivity index (χ4n) is 5.22. The summed E-state index contributed by atoms with van der Waals surface area (Å²) in [5.74, 6) is 2.76. The first kappa shape index (κ1) is 22.0. The molecule has 2 aromatic rings. The van der Waals surface area contributed by atoms with Gasteiger partial charge >= 0.3 is 0 Å². The molecule has 3 aliphatic rings. The standard InChI is InChI=1S/C26H35N5O2/c1-28-25-22(23(29-26(27)30-25)18-8-3-2-4-9-18)20-16-19-10-15-33-24(19)21(17-20)32-14-7-13-31-11-5-6-12-31/h8,16-17H,2-7,9-15H2,1H3,(H3,27,28,29,30). The molecule has 33 heavy (non-hydrogen) atoms. The van der Waals surface area contributed by atoms with Crippen LogP contribution < -0.4 is 20.5 Å². The maximum Gasteiger partial charge on any atom is 0.222 e. The summed E-state index contributed by atoms with van der Waals surface area (Å²) in [4.78, 5) is 11.7. The third-order valence-electron chi connectivity index (χ3n) is 6.87. The van der Waals surface area contributed by atoms with Crippen molar-refractivity contribution >= 4 is 17.3 Å². The normalized spacial score (nSPS) is 18.0. The highest BCUT2D eigenvalue weighted by molar-refractivity contribution is 5.88. The summed E-state index contributed by atoms with van der Waals surface area (Å²) in [7, 11) is 1.89. The highest BCUT2D eigenvalue weighted by atomic mass is 16.5. The van der Waals surface area contributed by atoms with E-state index in [-0.39, 0.29) is 0 Å². The van der Waals surface area contributed by atoms with Crippen LogP contribution in [0.3, 0.4) is 0 Å². The Morgan fingerprint density at radius 3 is 2.79 bits per heavy atom. The molecule has 0 bridgehead atoms. The van der Waals surface area contributed by atoms with Crippen LogP contribution in [-0.4, -0.2) is 54.8 Å². The van der Waals surface area contributed by atoms with Crippen LogP contribution in [0, 0.1) is 0 Å². The van der Waals surface area contributed by atoms with E-state index < -0.39 is 0 Å². The minimum Gasteiger partial charge on any atom is -0.490 e. The van der Waals surface area contributed by atoms with E-state index in [4.69, 9.17) is 20.2 Å². The van der Waals surface area contributed by atoms with E-state index in [1.807, 2.05) is 7.05 Å². The molecule has 1 fully saturated rings. The maximum absolute atomic E-state index is 6.30. The molecule has 5 rings (SSSR count). The summed E-state index contributed by atoms with van der Waals surface area (Å²) in [5, 5.41) is 3.25. The molecule has 7 nitrogen and oxygen atoms in total. The minimum atomic E-state index is 0.299. The number of nitrogen functional groups attached to an aromatic ring is 1. The Kier molecular flexibility index (Phi) is 6.67. The van der Waals surface area contributed by atoms with E-state index in [9.17, 15) is 0 Å². The number of fused-ring (bicyclic) bond motifs is 1. The second-order valence-electron chi connectivity index (χ2n) is 9.19. The summed E-state index contributed by atoms with van der Waals surface area (Å²) in [6, 6.07) is 4.31. The molecule has 0 atom stereocenters. The molecule has 2 aliphatic heterocycles. The molecule has 1 aliphatic carbocycles. The first-order valence-corrected chi connectivity index (χ1v) is 12.4. The zero-order valence-electron chi connectivity index (χ0n) is 19.7. The lowest BCUT2D eigenvalue weighted by Gasteiger charge is -2.20. The Labute approximate surface area is 196 Å². The number of aromatic nitrogens is 2. The van der Waals surface area contributed by atoms with E-state index in [1.165, 1.54) is 49.9 Å². The summed E-state index contributed by atoms with van der Waals surface area (Å²) in [5.41, 5.74) is 11.5. The quantitative estimate of drug-likeness (QED) is 0.573. The van der Waals surface area contributed by atoms with Crippen molar-refractivity contribution < 1.29 is 9.47 Å². The van der Waals surface area contributed by atoms with Crippen LogP contribution in [0.25, 0.3) is 16.7 Å². The highest BCUT2D eigenvalue weighted by Gasteiger charge is 2.24. The van der Waals surface area contributed by atoms with Gasteiger partial charge in [0, 0.05) is 25.6 Å². The van der Waals surface area contributed by atoms with Crippen molar-refractivity contribution in [1.29, 1.82) is 0 Å². The number of allylic oxidation sites excluding steroid dienone is 2. The largest absolute Gasteiger partial charge is 0.490 e. The van der Waals surface area contributed by atoms with E-state index in [0.717, 1.165) is 66.4 Å². The van der Waals surface area contributed by atoms with Gasteiger partial charge in [0.25, 0.3) is 0 Å². The highest BCUT2D eigenvalue weighted by Crippen LogP contribution is 2.44. The number of nitrogens with two attached hydrogens (primary N) is 1. The summed E-state index contributed by atoms with van der Waals surface area (Å²) < 4.78 is 12.3. The zero-order valence-corrected chi connectivity index (χ0v) is 19.7. The van der Waals surface area contributed by atoms with Gasteiger partial charge in [-0.3, -0.25) is 0 Å². The predicted octanol–water partition coefficient (Wildman–Crippen LogP) is 4.52. The van der Waals surface area contributed by atoms with Gasteiger partial charge in [-0.15, -0.1) is 0 Å². The van der Waals surface area contributed by atoms with Gasteiger partial charge in [0.2, 0.25) is 5.95 Å². The topological polar surface area (TPSA) is 85.5 Å². The number of hydrogen-bond donors (Lipinski definition) is 2. The second kappa shape index (κ2) is 10.00. The number of nitrogens with zero attached hydrogens (tertiary/aromatic N) is 3.